The molecule has 0 aromatic carbocycles. The molecule has 2 heterocycles. The molecule has 20 heavy (non-hydrogen) atoms. The number of hydrogen-bond acceptors (Lipinski definition) is 4. The second kappa shape index (κ2) is 6.87. The fourth-order valence-corrected chi connectivity index (χ4v) is 3.37. The molecule has 2 aliphatic rings. The molecule has 2 unspecified atom stereocenters. The van der Waals surface area contributed by atoms with E-state index in [9.17, 15) is 4.79 Å². The molecule has 2 saturated heterocycles. The zero-order chi connectivity index (χ0) is 14.6. The van der Waals surface area contributed by atoms with Crippen LogP contribution in [0.25, 0.3) is 0 Å². The first-order valence-corrected chi connectivity index (χ1v) is 7.98. The number of nitrogens with two attached hydrogens (primary N) is 1. The number of carbonyl (C=O) groups is 1. The van der Waals surface area contributed by atoms with E-state index in [0.717, 1.165) is 32.1 Å². The molecule has 2 atom stereocenters. The highest BCUT2D eigenvalue weighted by Gasteiger charge is 2.30. The van der Waals surface area contributed by atoms with Crippen LogP contribution in [0.1, 0.15) is 45.4 Å². The zero-order valence-electron chi connectivity index (χ0n) is 12.7. The Morgan fingerprint density at radius 2 is 2.00 bits per heavy atom. The second-order valence-electron chi connectivity index (χ2n) is 6.67. The first kappa shape index (κ1) is 15.7. The summed E-state index contributed by atoms with van der Waals surface area (Å²) < 4.78 is 0. The molecule has 2 rings (SSSR count). The Bertz CT molecular complexity index is 327. The number of carboxylic acid groups (broad SMARTS) is 1. The predicted octanol–water partition coefficient (Wildman–Crippen LogP) is 1.13. The number of carboxylic acids is 1. The van der Waals surface area contributed by atoms with Gasteiger partial charge in [0, 0.05) is 12.6 Å². The number of likely N-dealkylation sites (tertiary alicyclic amines) is 2. The number of nitrogens with zero attached hydrogens (tertiary/aromatic N) is 2. The van der Waals surface area contributed by atoms with Crippen LogP contribution in [0.4, 0.5) is 0 Å². The van der Waals surface area contributed by atoms with Crippen LogP contribution in [0.3, 0.4) is 0 Å². The Balaban J connectivity index is 1.67. The van der Waals surface area contributed by atoms with Crippen molar-refractivity contribution in [2.45, 2.75) is 57.0 Å². The van der Waals surface area contributed by atoms with Gasteiger partial charge in [-0.05, 0) is 65.2 Å². The van der Waals surface area contributed by atoms with Gasteiger partial charge in [0.05, 0.1) is 0 Å². The van der Waals surface area contributed by atoms with E-state index in [1.165, 1.54) is 38.8 Å². The van der Waals surface area contributed by atoms with Crippen LogP contribution >= 0.6 is 0 Å². The van der Waals surface area contributed by atoms with Crippen molar-refractivity contribution in [2.75, 3.05) is 32.7 Å². The van der Waals surface area contributed by atoms with Crippen LogP contribution in [-0.4, -0.2) is 65.2 Å². The van der Waals surface area contributed by atoms with Gasteiger partial charge in [0.1, 0.15) is 5.54 Å². The molecule has 2 aliphatic heterocycles. The Morgan fingerprint density at radius 1 is 1.30 bits per heavy atom. The van der Waals surface area contributed by atoms with E-state index >= 15 is 0 Å². The summed E-state index contributed by atoms with van der Waals surface area (Å²) in [5, 5.41) is 9.00. The van der Waals surface area contributed by atoms with Gasteiger partial charge in [-0.1, -0.05) is 6.42 Å². The standard InChI is InChI=1S/C15H29N3O2/c1-15(16,14(19)20)7-5-8-17-11-6-13(12-17)18-9-3-2-4-10-18/h13H,2-12,16H2,1H3,(H,19,20). The van der Waals surface area contributed by atoms with E-state index in [-0.39, 0.29) is 0 Å². The highest BCUT2D eigenvalue weighted by Crippen LogP contribution is 2.21. The summed E-state index contributed by atoms with van der Waals surface area (Å²) in [6.45, 7) is 7.40. The average Bonchev–Trinajstić information content (AvgIpc) is 2.88. The third-order valence-corrected chi connectivity index (χ3v) is 4.81. The SMILES string of the molecule is CC(N)(CCCN1CCC(N2CCCCC2)C1)C(=O)O. The van der Waals surface area contributed by atoms with Gasteiger partial charge < -0.3 is 15.7 Å². The number of hydrogen-bond donors (Lipinski definition) is 2. The van der Waals surface area contributed by atoms with Gasteiger partial charge in [0.15, 0.2) is 0 Å². The maximum Gasteiger partial charge on any atom is 0.323 e. The minimum atomic E-state index is -1.08. The monoisotopic (exact) mass is 283 g/mol. The van der Waals surface area contributed by atoms with E-state index in [2.05, 4.69) is 9.80 Å². The summed E-state index contributed by atoms with van der Waals surface area (Å²) in [6.07, 6.45) is 6.76. The Labute approximate surface area is 122 Å². The topological polar surface area (TPSA) is 69.8 Å². The molecule has 0 aromatic rings. The lowest BCUT2D eigenvalue weighted by atomic mass is 9.97. The fourth-order valence-electron chi connectivity index (χ4n) is 3.37. The summed E-state index contributed by atoms with van der Waals surface area (Å²) >= 11 is 0. The van der Waals surface area contributed by atoms with Crippen molar-refractivity contribution in [3.63, 3.8) is 0 Å². The van der Waals surface area contributed by atoms with E-state index in [0.29, 0.717) is 6.42 Å². The molecule has 0 radical (unpaired) electrons. The minimum Gasteiger partial charge on any atom is -0.480 e. The highest BCUT2D eigenvalue weighted by molar-refractivity contribution is 5.77. The fraction of sp³-hybridized carbons (Fsp3) is 0.933. The summed E-state index contributed by atoms with van der Waals surface area (Å²) in [5.41, 5.74) is 4.68. The van der Waals surface area contributed by atoms with Crippen molar-refractivity contribution < 1.29 is 9.90 Å². The highest BCUT2D eigenvalue weighted by atomic mass is 16.4. The van der Waals surface area contributed by atoms with E-state index in [1.54, 1.807) is 6.92 Å². The van der Waals surface area contributed by atoms with Gasteiger partial charge in [0.25, 0.3) is 0 Å². The van der Waals surface area contributed by atoms with Crippen molar-refractivity contribution >= 4 is 5.97 Å². The molecule has 0 spiro atoms. The van der Waals surface area contributed by atoms with Gasteiger partial charge >= 0.3 is 5.97 Å². The van der Waals surface area contributed by atoms with Crippen LogP contribution < -0.4 is 5.73 Å². The maximum absolute atomic E-state index is 11.0. The van der Waals surface area contributed by atoms with Crippen molar-refractivity contribution in [3.05, 3.63) is 0 Å². The van der Waals surface area contributed by atoms with Crippen molar-refractivity contribution in [1.29, 1.82) is 0 Å². The van der Waals surface area contributed by atoms with Gasteiger partial charge in [0.2, 0.25) is 0 Å². The molecular formula is C15H29N3O2. The summed E-state index contributed by atoms with van der Waals surface area (Å²) in [6, 6.07) is 0.721. The lowest BCUT2D eigenvalue weighted by Crippen LogP contribution is -2.45. The number of aliphatic carboxylic acids is 1. The van der Waals surface area contributed by atoms with Gasteiger partial charge in [-0.2, -0.15) is 0 Å². The van der Waals surface area contributed by atoms with E-state index in [4.69, 9.17) is 10.8 Å². The van der Waals surface area contributed by atoms with Crippen LogP contribution in [0.5, 0.6) is 0 Å². The largest absolute Gasteiger partial charge is 0.480 e. The molecule has 116 valence electrons. The molecular weight excluding hydrogens is 254 g/mol. The van der Waals surface area contributed by atoms with Gasteiger partial charge in [-0.15, -0.1) is 0 Å². The third kappa shape index (κ3) is 4.17. The quantitative estimate of drug-likeness (QED) is 0.765. The zero-order valence-corrected chi connectivity index (χ0v) is 12.7. The predicted molar refractivity (Wildman–Crippen MR) is 79.7 cm³/mol. The van der Waals surface area contributed by atoms with Crippen LogP contribution in [0, 0.1) is 0 Å². The Kier molecular flexibility index (Phi) is 5.41. The van der Waals surface area contributed by atoms with E-state index in [1.807, 2.05) is 0 Å². The first-order chi connectivity index (χ1) is 9.49. The van der Waals surface area contributed by atoms with Crippen molar-refractivity contribution in [3.8, 4) is 0 Å². The van der Waals surface area contributed by atoms with Crippen LogP contribution in [0.15, 0.2) is 0 Å². The number of rotatable bonds is 6. The summed E-state index contributed by atoms with van der Waals surface area (Å²) in [4.78, 5) is 16.1. The molecule has 0 aliphatic carbocycles. The van der Waals surface area contributed by atoms with Crippen molar-refractivity contribution in [1.82, 2.24) is 9.80 Å². The molecule has 0 bridgehead atoms. The molecule has 0 aromatic heterocycles. The third-order valence-electron chi connectivity index (χ3n) is 4.81. The average molecular weight is 283 g/mol. The van der Waals surface area contributed by atoms with Crippen LogP contribution in [0.2, 0.25) is 0 Å². The molecule has 3 N–H and O–H groups in total. The molecule has 5 heteroatoms. The lowest BCUT2D eigenvalue weighted by Gasteiger charge is -2.32. The normalized spacial score (nSPS) is 28.4. The molecule has 0 saturated carbocycles. The minimum absolute atomic E-state index is 0.549. The van der Waals surface area contributed by atoms with E-state index < -0.39 is 11.5 Å². The second-order valence-corrected chi connectivity index (χ2v) is 6.67. The van der Waals surface area contributed by atoms with Crippen molar-refractivity contribution in [2.24, 2.45) is 5.73 Å². The van der Waals surface area contributed by atoms with Gasteiger partial charge in [-0.3, -0.25) is 9.69 Å². The lowest BCUT2D eigenvalue weighted by molar-refractivity contribution is -0.142. The Morgan fingerprint density at radius 3 is 2.65 bits per heavy atom. The molecule has 0 amide bonds. The number of piperidine rings is 1. The smallest absolute Gasteiger partial charge is 0.323 e. The summed E-state index contributed by atoms with van der Waals surface area (Å²) in [5.74, 6) is -0.898. The Hall–Kier alpha value is -0.650. The molecule has 2 fully saturated rings. The molecule has 5 nitrogen and oxygen atoms in total. The summed E-state index contributed by atoms with van der Waals surface area (Å²) in [7, 11) is 0. The maximum atomic E-state index is 11.0. The van der Waals surface area contributed by atoms with Gasteiger partial charge in [-0.25, -0.2) is 0 Å². The first-order valence-electron chi connectivity index (χ1n) is 7.98. The van der Waals surface area contributed by atoms with Crippen LogP contribution in [-0.2, 0) is 4.79 Å².